The molecule has 0 aliphatic carbocycles. The Morgan fingerprint density at radius 2 is 1.77 bits per heavy atom. The van der Waals surface area contributed by atoms with Crippen LogP contribution in [0.4, 0.5) is 16.2 Å². The van der Waals surface area contributed by atoms with Gasteiger partial charge in [0, 0.05) is 25.0 Å². The van der Waals surface area contributed by atoms with E-state index in [0.29, 0.717) is 48.5 Å². The van der Waals surface area contributed by atoms with Crippen molar-refractivity contribution < 1.29 is 23.9 Å². The summed E-state index contributed by atoms with van der Waals surface area (Å²) in [5.74, 6) is 0.186. The second-order valence-electron chi connectivity index (χ2n) is 8.98. The lowest BCUT2D eigenvalue weighted by atomic mass is 9.94. The number of nitrogens with one attached hydrogen (secondary N) is 3. The van der Waals surface area contributed by atoms with E-state index in [4.69, 9.17) is 9.47 Å². The number of carbonyl (C=O) groups is 3. The van der Waals surface area contributed by atoms with Crippen LogP contribution >= 0.6 is 0 Å². The van der Waals surface area contributed by atoms with Crippen molar-refractivity contribution in [2.24, 2.45) is 0 Å². The molecular weight excluding hydrogens is 448 g/mol. The Bertz CT molecular complexity index is 1090. The molecule has 3 N–H and O–H groups in total. The van der Waals surface area contributed by atoms with Crippen molar-refractivity contribution in [3.05, 3.63) is 53.6 Å². The van der Waals surface area contributed by atoms with E-state index in [2.05, 4.69) is 16.0 Å². The van der Waals surface area contributed by atoms with Crippen LogP contribution in [0, 0.1) is 6.92 Å². The van der Waals surface area contributed by atoms with Gasteiger partial charge in [-0.25, -0.2) is 4.79 Å². The van der Waals surface area contributed by atoms with Gasteiger partial charge >= 0.3 is 6.03 Å². The average molecular weight is 481 g/mol. The molecule has 4 rings (SSSR count). The molecule has 1 saturated heterocycles. The Labute approximate surface area is 205 Å². The predicted octanol–water partition coefficient (Wildman–Crippen LogP) is 3.55. The molecule has 0 bridgehead atoms. The fraction of sp³-hybridized carbons (Fsp3) is 0.423. The molecule has 2 heterocycles. The number of nitrogens with zero attached hydrogens (tertiary/aromatic N) is 1. The maximum Gasteiger partial charge on any atom is 0.323 e. The van der Waals surface area contributed by atoms with Gasteiger partial charge in [-0.1, -0.05) is 17.7 Å². The summed E-state index contributed by atoms with van der Waals surface area (Å²) in [6, 6.07) is 11.9. The zero-order valence-corrected chi connectivity index (χ0v) is 20.3. The molecule has 9 nitrogen and oxygen atoms in total. The maximum absolute atomic E-state index is 13.3. The molecule has 2 aromatic rings. The van der Waals surface area contributed by atoms with E-state index in [1.165, 1.54) is 0 Å². The largest absolute Gasteiger partial charge is 0.490 e. The molecule has 1 fully saturated rings. The first-order valence-corrected chi connectivity index (χ1v) is 11.9. The third-order valence-corrected chi connectivity index (χ3v) is 6.37. The van der Waals surface area contributed by atoms with Gasteiger partial charge in [-0.05, 0) is 57.0 Å². The number of urea groups is 1. The van der Waals surface area contributed by atoms with Crippen molar-refractivity contribution in [3.63, 3.8) is 0 Å². The number of amides is 4. The molecule has 0 unspecified atom stereocenters. The quantitative estimate of drug-likeness (QED) is 0.607. The van der Waals surface area contributed by atoms with Gasteiger partial charge in [0.25, 0.3) is 5.91 Å². The summed E-state index contributed by atoms with van der Waals surface area (Å²) in [5.41, 5.74) is 2.64. The monoisotopic (exact) mass is 480 g/mol. The summed E-state index contributed by atoms with van der Waals surface area (Å²) in [7, 11) is 1.76. The normalized spacial score (nSPS) is 21.5. The van der Waals surface area contributed by atoms with Gasteiger partial charge in [-0.15, -0.1) is 0 Å². The molecule has 186 valence electrons. The van der Waals surface area contributed by atoms with Crippen LogP contribution in [0.2, 0.25) is 0 Å². The molecule has 3 atom stereocenters. The standard InChI is InChI=1S/C26H32N4O5/c1-4-27-24(31)14-19-10-11-21-23(35-19)15-34-22-12-9-18(13-20(22)25(32)30(21)3)29-26(33)28-17-7-5-16(2)6-8-17/h5-9,12-13,19,21,23H,4,10-11,14-15H2,1-3H3,(H,27,31)(H2,28,29,33)/t19-,21+,23+/m1/s1. The van der Waals surface area contributed by atoms with Crippen molar-refractivity contribution in [3.8, 4) is 5.75 Å². The molecule has 35 heavy (non-hydrogen) atoms. The first-order valence-electron chi connectivity index (χ1n) is 11.9. The number of carbonyl (C=O) groups excluding carboxylic acids is 3. The minimum atomic E-state index is -0.403. The molecule has 4 amide bonds. The number of hydrogen-bond donors (Lipinski definition) is 3. The lowest BCUT2D eigenvalue weighted by molar-refractivity contribution is -0.133. The van der Waals surface area contributed by atoms with Crippen molar-refractivity contribution >= 4 is 29.2 Å². The third kappa shape index (κ3) is 5.92. The minimum absolute atomic E-state index is 0.0380. The number of anilines is 2. The minimum Gasteiger partial charge on any atom is -0.490 e. The highest BCUT2D eigenvalue weighted by atomic mass is 16.5. The summed E-state index contributed by atoms with van der Waals surface area (Å²) in [4.78, 5) is 39.5. The lowest BCUT2D eigenvalue weighted by Gasteiger charge is -2.42. The molecule has 0 spiro atoms. The zero-order valence-electron chi connectivity index (χ0n) is 20.3. The zero-order chi connectivity index (χ0) is 24.9. The van der Waals surface area contributed by atoms with Gasteiger partial charge in [0.05, 0.1) is 24.1 Å². The Kier molecular flexibility index (Phi) is 7.55. The first-order chi connectivity index (χ1) is 16.8. The Balaban J connectivity index is 1.44. The molecular formula is C26H32N4O5. The number of likely N-dealkylation sites (N-methyl/N-ethyl adjacent to an activating group) is 1. The second kappa shape index (κ2) is 10.8. The maximum atomic E-state index is 13.3. The number of rotatable bonds is 5. The fourth-order valence-electron chi connectivity index (χ4n) is 4.51. The van der Waals surface area contributed by atoms with Gasteiger partial charge < -0.3 is 30.3 Å². The molecule has 0 aromatic heterocycles. The van der Waals surface area contributed by atoms with Crippen molar-refractivity contribution in [2.45, 2.75) is 51.4 Å². The van der Waals surface area contributed by atoms with Gasteiger partial charge in [0.2, 0.25) is 5.91 Å². The van der Waals surface area contributed by atoms with E-state index in [1.807, 2.05) is 38.1 Å². The predicted molar refractivity (Wildman–Crippen MR) is 133 cm³/mol. The summed E-state index contributed by atoms with van der Waals surface area (Å²) < 4.78 is 12.2. The van der Waals surface area contributed by atoms with E-state index in [0.717, 1.165) is 5.56 Å². The van der Waals surface area contributed by atoms with E-state index in [1.54, 1.807) is 30.1 Å². The fourth-order valence-corrected chi connectivity index (χ4v) is 4.51. The molecule has 0 radical (unpaired) electrons. The molecule has 2 aliphatic rings. The van der Waals surface area contributed by atoms with Crippen LogP contribution in [0.1, 0.15) is 42.1 Å². The van der Waals surface area contributed by atoms with Crippen molar-refractivity contribution in [1.29, 1.82) is 0 Å². The highest BCUT2D eigenvalue weighted by Gasteiger charge is 2.39. The van der Waals surface area contributed by atoms with Crippen LogP contribution in [-0.2, 0) is 9.53 Å². The number of ether oxygens (including phenoxy) is 2. The van der Waals surface area contributed by atoms with E-state index in [9.17, 15) is 14.4 Å². The third-order valence-electron chi connectivity index (χ3n) is 6.37. The van der Waals surface area contributed by atoms with Crippen LogP contribution < -0.4 is 20.7 Å². The second-order valence-corrected chi connectivity index (χ2v) is 8.98. The molecule has 0 saturated carbocycles. The van der Waals surface area contributed by atoms with Crippen LogP contribution in [0.3, 0.4) is 0 Å². The Morgan fingerprint density at radius 3 is 2.51 bits per heavy atom. The highest BCUT2D eigenvalue weighted by molar-refractivity contribution is 6.02. The number of hydrogen-bond acceptors (Lipinski definition) is 5. The summed E-state index contributed by atoms with van der Waals surface area (Å²) in [6.07, 6.45) is 1.16. The lowest BCUT2D eigenvalue weighted by Crippen LogP contribution is -2.54. The molecule has 2 aliphatic heterocycles. The SMILES string of the molecule is CCNC(=O)C[C@H]1CC[C@H]2[C@H](COc3ccc(NC(=O)Nc4ccc(C)cc4)cc3C(=O)N2C)O1. The topological polar surface area (TPSA) is 109 Å². The summed E-state index contributed by atoms with van der Waals surface area (Å²) in [6.45, 7) is 4.71. The van der Waals surface area contributed by atoms with Gasteiger partial charge in [-0.3, -0.25) is 9.59 Å². The van der Waals surface area contributed by atoms with Crippen LogP contribution in [0.15, 0.2) is 42.5 Å². The van der Waals surface area contributed by atoms with Crippen molar-refractivity contribution in [2.75, 3.05) is 30.8 Å². The number of fused-ring (bicyclic) bond motifs is 2. The number of aryl methyl sites for hydroxylation is 1. The van der Waals surface area contributed by atoms with E-state index >= 15 is 0 Å². The smallest absolute Gasteiger partial charge is 0.323 e. The summed E-state index contributed by atoms with van der Waals surface area (Å²) >= 11 is 0. The van der Waals surface area contributed by atoms with Crippen LogP contribution in [-0.4, -0.2) is 61.2 Å². The van der Waals surface area contributed by atoms with Gasteiger partial charge in [-0.2, -0.15) is 0 Å². The Morgan fingerprint density at radius 1 is 1.06 bits per heavy atom. The van der Waals surface area contributed by atoms with E-state index < -0.39 is 6.03 Å². The van der Waals surface area contributed by atoms with E-state index in [-0.39, 0.29) is 36.7 Å². The van der Waals surface area contributed by atoms with Gasteiger partial charge in [0.1, 0.15) is 18.5 Å². The first kappa shape index (κ1) is 24.5. The number of benzene rings is 2. The van der Waals surface area contributed by atoms with Crippen LogP contribution in [0.5, 0.6) is 5.75 Å². The molecule has 2 aromatic carbocycles. The van der Waals surface area contributed by atoms with Gasteiger partial charge in [0.15, 0.2) is 0 Å². The van der Waals surface area contributed by atoms with Crippen LogP contribution in [0.25, 0.3) is 0 Å². The Hall–Kier alpha value is -3.59. The van der Waals surface area contributed by atoms with Crippen molar-refractivity contribution in [1.82, 2.24) is 10.2 Å². The molecule has 9 heteroatoms. The summed E-state index contributed by atoms with van der Waals surface area (Å²) in [5, 5.41) is 8.36. The average Bonchev–Trinajstić information content (AvgIpc) is 2.83. The highest BCUT2D eigenvalue weighted by Crippen LogP contribution is 2.32.